The highest BCUT2D eigenvalue weighted by molar-refractivity contribution is 6.07. The summed E-state index contributed by atoms with van der Waals surface area (Å²) in [6.07, 6.45) is 2.57. The Kier molecular flexibility index (Phi) is 12.7. The van der Waals surface area contributed by atoms with Gasteiger partial charge in [0.1, 0.15) is 5.82 Å². The summed E-state index contributed by atoms with van der Waals surface area (Å²) in [5.41, 5.74) is 3.54. The largest absolute Gasteiger partial charge is 0.478 e. The van der Waals surface area contributed by atoms with Crippen LogP contribution in [0.3, 0.4) is 0 Å². The third kappa shape index (κ3) is 11.1. The molecule has 3 aromatic carbocycles. The van der Waals surface area contributed by atoms with Gasteiger partial charge in [-0.25, -0.2) is 14.0 Å². The minimum atomic E-state index is -1.26. The molecule has 0 unspecified atom stereocenters. The van der Waals surface area contributed by atoms with Crippen LogP contribution < -0.4 is 10.2 Å². The Morgan fingerprint density at radius 2 is 1.49 bits per heavy atom. The van der Waals surface area contributed by atoms with Crippen LogP contribution in [0, 0.1) is 18.7 Å². The number of hydrogen-bond acceptors (Lipinski definition) is 6. The van der Waals surface area contributed by atoms with Gasteiger partial charge in [-0.2, -0.15) is 0 Å². The lowest BCUT2D eigenvalue weighted by molar-refractivity contribution is -0.134. The molecule has 0 radical (unpaired) electrons. The van der Waals surface area contributed by atoms with Crippen LogP contribution in [0.25, 0.3) is 0 Å². The highest BCUT2D eigenvalue weighted by Crippen LogP contribution is 2.24. The minimum absolute atomic E-state index is 0.0650. The summed E-state index contributed by atoms with van der Waals surface area (Å²) in [4.78, 5) is 61.0. The van der Waals surface area contributed by atoms with Gasteiger partial charge < -0.3 is 25.3 Å². The van der Waals surface area contributed by atoms with E-state index >= 15 is 0 Å². The van der Waals surface area contributed by atoms with E-state index in [1.54, 1.807) is 41.3 Å². The quantitative estimate of drug-likeness (QED) is 0.212. The number of likely N-dealkylation sites (tertiary alicyclic amines) is 1. The zero-order valence-corrected chi connectivity index (χ0v) is 25.1. The Balaban J connectivity index is 0.000000610. The average Bonchev–Trinajstić information content (AvgIpc) is 3.01. The van der Waals surface area contributed by atoms with Crippen LogP contribution in [0.2, 0.25) is 0 Å². The maximum atomic E-state index is 13.6. The van der Waals surface area contributed by atoms with Crippen molar-refractivity contribution in [3.63, 3.8) is 0 Å². The van der Waals surface area contributed by atoms with Crippen LogP contribution >= 0.6 is 0 Å². The SMILES string of the molecule is CC(=O)Nc1cccc(C(=O)N(CCN2CCC(C(=O)c3ccc(F)cc3)CC2)c2ccc(C)cc2)c1.O=C(O)/C=C/C(=O)O. The number of carbonyl (C=O) groups excluding carboxylic acids is 3. The number of rotatable bonds is 10. The van der Waals surface area contributed by atoms with E-state index in [2.05, 4.69) is 10.2 Å². The third-order valence-corrected chi connectivity index (χ3v) is 7.12. The molecule has 3 aromatic rings. The molecule has 236 valence electrons. The number of nitrogens with one attached hydrogen (secondary N) is 1. The zero-order chi connectivity index (χ0) is 32.9. The average molecular weight is 618 g/mol. The molecular weight excluding hydrogens is 581 g/mol. The van der Waals surface area contributed by atoms with Crippen LogP contribution in [-0.4, -0.2) is 70.8 Å². The zero-order valence-electron chi connectivity index (χ0n) is 25.1. The monoisotopic (exact) mass is 617 g/mol. The van der Waals surface area contributed by atoms with Gasteiger partial charge in [0.25, 0.3) is 5.91 Å². The molecule has 0 bridgehead atoms. The Hall–Kier alpha value is -5.16. The molecule has 0 spiro atoms. The molecule has 0 aromatic heterocycles. The molecule has 4 rings (SSSR count). The molecule has 10 nitrogen and oxygen atoms in total. The lowest BCUT2D eigenvalue weighted by Gasteiger charge is -2.33. The van der Waals surface area contributed by atoms with Crippen LogP contribution in [0.5, 0.6) is 0 Å². The molecule has 3 N–H and O–H groups in total. The number of halogens is 1. The van der Waals surface area contributed by atoms with Gasteiger partial charge in [-0.05, 0) is 87.5 Å². The number of carbonyl (C=O) groups is 5. The Morgan fingerprint density at radius 3 is 2.04 bits per heavy atom. The van der Waals surface area contributed by atoms with Crippen molar-refractivity contribution in [3.8, 4) is 0 Å². The first-order valence-corrected chi connectivity index (χ1v) is 14.3. The van der Waals surface area contributed by atoms with Gasteiger partial charge in [-0.15, -0.1) is 0 Å². The second-order valence-electron chi connectivity index (χ2n) is 10.6. The van der Waals surface area contributed by atoms with Gasteiger partial charge in [0.2, 0.25) is 5.91 Å². The second-order valence-corrected chi connectivity index (χ2v) is 10.6. The Labute approximate surface area is 260 Å². The summed E-state index contributed by atoms with van der Waals surface area (Å²) < 4.78 is 13.2. The number of carboxylic acid groups (broad SMARTS) is 2. The lowest BCUT2D eigenvalue weighted by Crippen LogP contribution is -2.42. The molecule has 1 heterocycles. The first-order chi connectivity index (χ1) is 21.4. The fourth-order valence-electron chi connectivity index (χ4n) is 4.81. The van der Waals surface area contributed by atoms with E-state index in [1.165, 1.54) is 19.1 Å². The number of hydrogen-bond donors (Lipinski definition) is 3. The minimum Gasteiger partial charge on any atom is -0.478 e. The van der Waals surface area contributed by atoms with E-state index in [4.69, 9.17) is 10.2 Å². The number of amides is 2. The summed E-state index contributed by atoms with van der Waals surface area (Å²) >= 11 is 0. The van der Waals surface area contributed by atoms with Crippen LogP contribution in [0.1, 0.15) is 46.0 Å². The molecule has 1 saturated heterocycles. The first kappa shape index (κ1) is 34.3. The van der Waals surface area contributed by atoms with Crippen molar-refractivity contribution < 1.29 is 38.6 Å². The van der Waals surface area contributed by atoms with Gasteiger partial charge in [-0.1, -0.05) is 23.8 Å². The number of carboxylic acids is 2. The highest BCUT2D eigenvalue weighted by atomic mass is 19.1. The smallest absolute Gasteiger partial charge is 0.328 e. The Morgan fingerprint density at radius 1 is 0.889 bits per heavy atom. The summed E-state index contributed by atoms with van der Waals surface area (Å²) in [7, 11) is 0. The number of benzene rings is 3. The van der Waals surface area contributed by atoms with E-state index in [1.807, 2.05) is 31.2 Å². The van der Waals surface area contributed by atoms with E-state index in [0.29, 0.717) is 42.1 Å². The Bertz CT molecular complexity index is 1510. The van der Waals surface area contributed by atoms with Gasteiger partial charge >= 0.3 is 11.9 Å². The first-order valence-electron chi connectivity index (χ1n) is 14.3. The molecule has 0 saturated carbocycles. The number of nitrogens with zero attached hydrogens (tertiary/aromatic N) is 2. The number of anilines is 2. The highest BCUT2D eigenvalue weighted by Gasteiger charge is 2.27. The van der Waals surface area contributed by atoms with E-state index in [-0.39, 0.29) is 29.3 Å². The van der Waals surface area contributed by atoms with Crippen LogP contribution in [0.15, 0.2) is 84.9 Å². The molecule has 45 heavy (non-hydrogen) atoms. The summed E-state index contributed by atoms with van der Waals surface area (Å²) in [6.45, 7) is 6.11. The van der Waals surface area contributed by atoms with Gasteiger partial charge in [0, 0.05) is 60.6 Å². The van der Waals surface area contributed by atoms with Crippen molar-refractivity contribution in [1.29, 1.82) is 0 Å². The van der Waals surface area contributed by atoms with E-state index in [9.17, 15) is 28.4 Å². The molecule has 1 aliphatic rings. The molecule has 0 atom stereocenters. The molecule has 2 amide bonds. The second kappa shape index (κ2) is 16.6. The van der Waals surface area contributed by atoms with Gasteiger partial charge in [0.05, 0.1) is 0 Å². The fourth-order valence-corrected chi connectivity index (χ4v) is 4.81. The number of aliphatic carboxylic acids is 2. The molecule has 1 fully saturated rings. The molecule has 11 heteroatoms. The van der Waals surface area contributed by atoms with Crippen molar-refractivity contribution in [2.45, 2.75) is 26.7 Å². The van der Waals surface area contributed by atoms with E-state index < -0.39 is 11.9 Å². The topological polar surface area (TPSA) is 144 Å². The predicted molar refractivity (Wildman–Crippen MR) is 168 cm³/mol. The maximum absolute atomic E-state index is 13.6. The normalized spacial score (nSPS) is 13.4. The number of aryl methyl sites for hydroxylation is 1. The lowest BCUT2D eigenvalue weighted by atomic mass is 9.89. The summed E-state index contributed by atoms with van der Waals surface area (Å²) in [5, 5.41) is 18.4. The fraction of sp³-hybridized carbons (Fsp3) is 0.265. The standard InChI is InChI=1S/C30H32FN3O3.C4H4O4/c1-21-6-12-28(13-7-21)34(30(37)25-4-3-5-27(20-25)32-22(2)35)19-18-33-16-14-24(15-17-33)29(36)23-8-10-26(31)11-9-23;5-3(6)1-2-4(7)8/h3-13,20,24H,14-19H2,1-2H3,(H,32,35);1-2H,(H,5,6)(H,7,8)/b;2-1+. The molecule has 1 aliphatic heterocycles. The molecule has 0 aliphatic carbocycles. The number of piperidine rings is 1. The van der Waals surface area contributed by atoms with Crippen molar-refractivity contribution in [1.82, 2.24) is 4.90 Å². The van der Waals surface area contributed by atoms with Crippen molar-refractivity contribution in [3.05, 3.63) is 107 Å². The van der Waals surface area contributed by atoms with Crippen molar-refractivity contribution in [2.75, 3.05) is 36.4 Å². The van der Waals surface area contributed by atoms with E-state index in [0.717, 1.165) is 37.2 Å². The van der Waals surface area contributed by atoms with Crippen molar-refractivity contribution >= 4 is 40.9 Å². The third-order valence-electron chi connectivity index (χ3n) is 7.12. The van der Waals surface area contributed by atoms with Crippen molar-refractivity contribution in [2.24, 2.45) is 5.92 Å². The molecular formula is C34H36FN3O7. The maximum Gasteiger partial charge on any atom is 0.328 e. The predicted octanol–water partition coefficient (Wildman–Crippen LogP) is 5.05. The summed E-state index contributed by atoms with van der Waals surface area (Å²) in [5.74, 6) is -3.21. The number of ketones is 1. The summed E-state index contributed by atoms with van der Waals surface area (Å²) in [6, 6.07) is 20.6. The van der Waals surface area contributed by atoms with Gasteiger partial charge in [-0.3, -0.25) is 14.4 Å². The number of Topliss-reactive ketones (excluding diaryl/α,β-unsaturated/α-hetero) is 1. The van der Waals surface area contributed by atoms with Gasteiger partial charge in [0.15, 0.2) is 5.78 Å². The van der Waals surface area contributed by atoms with Crippen LogP contribution in [0.4, 0.5) is 15.8 Å². The van der Waals surface area contributed by atoms with Crippen LogP contribution in [-0.2, 0) is 14.4 Å².